The van der Waals surface area contributed by atoms with E-state index < -0.39 is 10.0 Å². The number of aromatic nitrogens is 3. The topological polar surface area (TPSA) is 115 Å². The molecule has 0 atom stereocenters. The number of nitrogens with one attached hydrogen (secondary N) is 1. The summed E-state index contributed by atoms with van der Waals surface area (Å²) in [6, 6.07) is 8.90. The molecule has 3 aromatic rings. The van der Waals surface area contributed by atoms with Crippen molar-refractivity contribution >= 4 is 33.0 Å². The SMILES string of the molecule is Cc1cc(Nc2nccc(-c3ncsc3C#N)n2)cc(S(=O)(=O)N2CCN(C)CC2)c1. The van der Waals surface area contributed by atoms with E-state index in [2.05, 4.69) is 31.2 Å². The molecule has 0 saturated carbocycles. The van der Waals surface area contributed by atoms with Gasteiger partial charge in [-0.05, 0) is 43.8 Å². The average molecular weight is 456 g/mol. The van der Waals surface area contributed by atoms with Crippen LogP contribution in [0.2, 0.25) is 0 Å². The Morgan fingerprint density at radius 3 is 2.68 bits per heavy atom. The van der Waals surface area contributed by atoms with Gasteiger partial charge in [-0.25, -0.2) is 23.4 Å². The maximum atomic E-state index is 13.1. The summed E-state index contributed by atoms with van der Waals surface area (Å²) in [6.07, 6.45) is 1.57. The summed E-state index contributed by atoms with van der Waals surface area (Å²) in [5.41, 5.74) is 4.00. The van der Waals surface area contributed by atoms with Crippen molar-refractivity contribution in [3.05, 3.63) is 46.4 Å². The minimum atomic E-state index is -3.59. The van der Waals surface area contributed by atoms with Gasteiger partial charge < -0.3 is 10.2 Å². The number of sulfonamides is 1. The minimum Gasteiger partial charge on any atom is -0.324 e. The van der Waals surface area contributed by atoms with Crippen molar-refractivity contribution in [2.24, 2.45) is 0 Å². The molecule has 1 aliphatic rings. The largest absolute Gasteiger partial charge is 0.324 e. The highest BCUT2D eigenvalue weighted by Gasteiger charge is 2.28. The number of aryl methyl sites for hydroxylation is 1. The van der Waals surface area contributed by atoms with Gasteiger partial charge in [0.15, 0.2) is 0 Å². The Morgan fingerprint density at radius 2 is 1.94 bits per heavy atom. The summed E-state index contributed by atoms with van der Waals surface area (Å²) in [6.45, 7) is 4.20. The molecule has 0 radical (unpaired) electrons. The average Bonchev–Trinajstić information content (AvgIpc) is 3.23. The van der Waals surface area contributed by atoms with Crippen molar-refractivity contribution in [1.29, 1.82) is 5.26 Å². The number of thiazole rings is 1. The number of nitriles is 1. The molecule has 1 fully saturated rings. The third-order valence-corrected chi connectivity index (χ3v) is 7.58. The molecule has 4 rings (SSSR count). The van der Waals surface area contributed by atoms with E-state index in [-0.39, 0.29) is 4.90 Å². The van der Waals surface area contributed by atoms with Crippen LogP contribution in [0.1, 0.15) is 10.4 Å². The van der Waals surface area contributed by atoms with Gasteiger partial charge >= 0.3 is 0 Å². The molecule has 1 N–H and O–H groups in total. The molecular formula is C20H21N7O2S2. The van der Waals surface area contributed by atoms with Gasteiger partial charge in [-0.2, -0.15) is 9.57 Å². The number of hydrogen-bond donors (Lipinski definition) is 1. The van der Waals surface area contributed by atoms with Crippen LogP contribution in [-0.4, -0.2) is 65.8 Å². The van der Waals surface area contributed by atoms with Gasteiger partial charge in [-0.15, -0.1) is 11.3 Å². The predicted octanol–water partition coefficient (Wildman–Crippen LogP) is 2.46. The lowest BCUT2D eigenvalue weighted by molar-refractivity contribution is 0.222. The first-order chi connectivity index (χ1) is 14.9. The van der Waals surface area contributed by atoms with Gasteiger partial charge in [0.2, 0.25) is 16.0 Å². The van der Waals surface area contributed by atoms with E-state index in [0.717, 1.165) is 5.56 Å². The van der Waals surface area contributed by atoms with Gasteiger partial charge in [0.25, 0.3) is 0 Å². The van der Waals surface area contributed by atoms with Gasteiger partial charge in [-0.1, -0.05) is 0 Å². The van der Waals surface area contributed by atoms with E-state index in [1.807, 2.05) is 20.0 Å². The Balaban J connectivity index is 1.61. The van der Waals surface area contributed by atoms with E-state index in [1.54, 1.807) is 29.9 Å². The molecule has 1 aliphatic heterocycles. The third-order valence-electron chi connectivity index (χ3n) is 4.97. The van der Waals surface area contributed by atoms with Crippen molar-refractivity contribution < 1.29 is 8.42 Å². The molecule has 0 amide bonds. The molecule has 2 aromatic heterocycles. The zero-order chi connectivity index (χ0) is 22.0. The smallest absolute Gasteiger partial charge is 0.243 e. The van der Waals surface area contributed by atoms with Crippen LogP contribution in [0.3, 0.4) is 0 Å². The van der Waals surface area contributed by atoms with Crippen LogP contribution in [0.5, 0.6) is 0 Å². The first-order valence-electron chi connectivity index (χ1n) is 9.61. The summed E-state index contributed by atoms with van der Waals surface area (Å²) >= 11 is 1.25. The summed E-state index contributed by atoms with van der Waals surface area (Å²) in [7, 11) is -1.61. The Labute approximate surface area is 185 Å². The van der Waals surface area contributed by atoms with Crippen molar-refractivity contribution in [2.45, 2.75) is 11.8 Å². The Bertz CT molecular complexity index is 1240. The quantitative estimate of drug-likeness (QED) is 0.624. The molecule has 1 saturated heterocycles. The fourth-order valence-electron chi connectivity index (χ4n) is 3.33. The fourth-order valence-corrected chi connectivity index (χ4v) is 5.47. The van der Waals surface area contributed by atoms with Gasteiger partial charge in [0, 0.05) is 38.1 Å². The van der Waals surface area contributed by atoms with Crippen LogP contribution < -0.4 is 5.32 Å². The molecule has 9 nitrogen and oxygen atoms in total. The highest BCUT2D eigenvalue weighted by atomic mass is 32.2. The Kier molecular flexibility index (Phi) is 5.97. The number of rotatable bonds is 5. The number of nitrogens with zero attached hydrogens (tertiary/aromatic N) is 6. The van der Waals surface area contributed by atoms with Crippen LogP contribution in [0.15, 0.2) is 40.9 Å². The maximum absolute atomic E-state index is 13.1. The lowest BCUT2D eigenvalue weighted by Gasteiger charge is -2.31. The summed E-state index contributed by atoms with van der Waals surface area (Å²) in [5.74, 6) is 0.294. The van der Waals surface area contributed by atoms with Crippen molar-refractivity contribution in [2.75, 3.05) is 38.5 Å². The standard InChI is InChI=1S/C20H21N7O2S2/c1-14-9-15(11-16(10-14)31(28,29)27-7-5-26(2)6-8-27)24-20-22-4-3-17(25-20)19-18(12-21)30-13-23-19/h3-4,9-11,13H,5-8H2,1-2H3,(H,22,24,25). The molecule has 1 aromatic carbocycles. The number of benzene rings is 1. The molecule has 0 bridgehead atoms. The highest BCUT2D eigenvalue weighted by Crippen LogP contribution is 2.26. The third kappa shape index (κ3) is 4.57. The normalized spacial score (nSPS) is 15.5. The summed E-state index contributed by atoms with van der Waals surface area (Å²) in [4.78, 5) is 15.7. The second kappa shape index (κ2) is 8.68. The van der Waals surface area contributed by atoms with Crippen LogP contribution in [0.25, 0.3) is 11.4 Å². The van der Waals surface area contributed by atoms with Crippen molar-refractivity contribution in [3.63, 3.8) is 0 Å². The van der Waals surface area contributed by atoms with Crippen LogP contribution in [0.4, 0.5) is 11.6 Å². The highest BCUT2D eigenvalue weighted by molar-refractivity contribution is 7.89. The molecule has 11 heteroatoms. The van der Waals surface area contributed by atoms with E-state index in [0.29, 0.717) is 54.1 Å². The molecule has 0 aliphatic carbocycles. The minimum absolute atomic E-state index is 0.238. The Morgan fingerprint density at radius 1 is 1.16 bits per heavy atom. The fraction of sp³-hybridized carbons (Fsp3) is 0.300. The zero-order valence-corrected chi connectivity index (χ0v) is 18.7. The monoisotopic (exact) mass is 455 g/mol. The summed E-state index contributed by atoms with van der Waals surface area (Å²) in [5, 5.41) is 12.3. The number of likely N-dealkylation sites (N-methyl/N-ethyl adjacent to an activating group) is 1. The second-order valence-corrected chi connectivity index (χ2v) is 10.1. The first kappa shape index (κ1) is 21.3. The number of piperazine rings is 1. The van der Waals surface area contributed by atoms with Crippen LogP contribution >= 0.6 is 11.3 Å². The first-order valence-corrected chi connectivity index (χ1v) is 11.9. The molecule has 0 unspecified atom stereocenters. The molecule has 31 heavy (non-hydrogen) atoms. The Hall–Kier alpha value is -2.91. The maximum Gasteiger partial charge on any atom is 0.243 e. The summed E-state index contributed by atoms with van der Waals surface area (Å²) < 4.78 is 27.8. The number of hydrogen-bond acceptors (Lipinski definition) is 9. The van der Waals surface area contributed by atoms with Crippen LogP contribution in [-0.2, 0) is 10.0 Å². The predicted molar refractivity (Wildman–Crippen MR) is 119 cm³/mol. The van der Waals surface area contributed by atoms with Gasteiger partial charge in [-0.3, -0.25) is 0 Å². The van der Waals surface area contributed by atoms with Crippen LogP contribution in [0, 0.1) is 18.3 Å². The number of anilines is 2. The van der Waals surface area contributed by atoms with Gasteiger partial charge in [0.05, 0.1) is 16.1 Å². The lowest BCUT2D eigenvalue weighted by atomic mass is 10.2. The molecule has 160 valence electrons. The van der Waals surface area contributed by atoms with E-state index >= 15 is 0 Å². The molecular weight excluding hydrogens is 434 g/mol. The zero-order valence-electron chi connectivity index (χ0n) is 17.1. The van der Waals surface area contributed by atoms with Gasteiger partial charge in [0.1, 0.15) is 16.6 Å². The van der Waals surface area contributed by atoms with E-state index in [9.17, 15) is 13.7 Å². The van der Waals surface area contributed by atoms with E-state index in [1.165, 1.54) is 15.6 Å². The lowest BCUT2D eigenvalue weighted by Crippen LogP contribution is -2.47. The van der Waals surface area contributed by atoms with Crippen molar-refractivity contribution in [3.8, 4) is 17.5 Å². The second-order valence-electron chi connectivity index (χ2n) is 7.27. The van der Waals surface area contributed by atoms with E-state index in [4.69, 9.17) is 0 Å². The molecule has 3 heterocycles. The molecule has 0 spiro atoms. The van der Waals surface area contributed by atoms with Crippen molar-refractivity contribution in [1.82, 2.24) is 24.2 Å².